The van der Waals surface area contributed by atoms with Gasteiger partial charge in [0.2, 0.25) is 0 Å². The van der Waals surface area contributed by atoms with E-state index in [0.29, 0.717) is 5.56 Å². The summed E-state index contributed by atoms with van der Waals surface area (Å²) < 4.78 is 35.1. The highest BCUT2D eigenvalue weighted by molar-refractivity contribution is 6.06. The number of rotatable bonds is 8. The summed E-state index contributed by atoms with van der Waals surface area (Å²) in [4.78, 5) is 27.3. The summed E-state index contributed by atoms with van der Waals surface area (Å²) in [6, 6.07) is 14.2. The van der Waals surface area contributed by atoms with Gasteiger partial charge in [-0.1, -0.05) is 30.3 Å². The molecule has 0 bridgehead atoms. The molecule has 2 aromatic carbocycles. The van der Waals surface area contributed by atoms with Crippen molar-refractivity contribution in [2.45, 2.75) is 5.92 Å². The zero-order valence-electron chi connectivity index (χ0n) is 19.4. The molecule has 1 unspecified atom stereocenters. The van der Waals surface area contributed by atoms with Crippen molar-refractivity contribution in [2.75, 3.05) is 39.4 Å². The quantitative estimate of drug-likeness (QED) is 0.448. The predicted octanol–water partition coefficient (Wildman–Crippen LogP) is 2.75. The van der Waals surface area contributed by atoms with Crippen molar-refractivity contribution in [1.82, 2.24) is 0 Å². The van der Waals surface area contributed by atoms with Gasteiger partial charge in [0.1, 0.15) is 29.7 Å². The number of hydrogen-bond acceptors (Lipinski definition) is 9. The second-order valence-corrected chi connectivity index (χ2v) is 7.29. The summed E-state index contributed by atoms with van der Waals surface area (Å²) in [5.74, 6) is -3.60. The number of allylic oxidation sites excluding steroid dienone is 1. The van der Waals surface area contributed by atoms with E-state index < -0.39 is 23.7 Å². The van der Waals surface area contributed by atoms with Crippen LogP contribution in [0.5, 0.6) is 5.75 Å². The SMILES string of the molecule is COCCOc1ccc(F)cc1N1C(N)=C(C#N)C(c2ccccc2)C(C(=O)OC)=C1C(=O)OC. The summed E-state index contributed by atoms with van der Waals surface area (Å²) in [5.41, 5.74) is 6.38. The molecule has 0 aliphatic carbocycles. The van der Waals surface area contributed by atoms with Crippen LogP contribution < -0.4 is 15.4 Å². The minimum absolute atomic E-state index is 0.0142. The number of hydrogen-bond donors (Lipinski definition) is 1. The van der Waals surface area contributed by atoms with Gasteiger partial charge < -0.3 is 24.7 Å². The first-order chi connectivity index (χ1) is 16.9. The Kier molecular flexibility index (Phi) is 8.07. The lowest BCUT2D eigenvalue weighted by molar-refractivity contribution is -0.139. The minimum atomic E-state index is -1.04. The van der Waals surface area contributed by atoms with Crippen LogP contribution in [-0.2, 0) is 23.8 Å². The van der Waals surface area contributed by atoms with Gasteiger partial charge in [0.15, 0.2) is 0 Å². The Labute approximate surface area is 201 Å². The Morgan fingerprint density at radius 1 is 1.06 bits per heavy atom. The van der Waals surface area contributed by atoms with Crippen LogP contribution in [0.1, 0.15) is 11.5 Å². The van der Waals surface area contributed by atoms with Crippen LogP contribution in [0.3, 0.4) is 0 Å². The summed E-state index contributed by atoms with van der Waals surface area (Å²) in [6.07, 6.45) is 0. The lowest BCUT2D eigenvalue weighted by Gasteiger charge is -2.36. The Balaban J connectivity index is 2.38. The van der Waals surface area contributed by atoms with Gasteiger partial charge in [-0.05, 0) is 17.7 Å². The predicted molar refractivity (Wildman–Crippen MR) is 123 cm³/mol. The number of halogens is 1. The Morgan fingerprint density at radius 3 is 2.34 bits per heavy atom. The second kappa shape index (κ2) is 11.2. The smallest absolute Gasteiger partial charge is 0.355 e. The minimum Gasteiger partial charge on any atom is -0.489 e. The molecule has 0 radical (unpaired) electrons. The maximum atomic E-state index is 14.4. The number of anilines is 1. The number of methoxy groups -OCH3 is 3. The molecule has 0 amide bonds. The molecular weight excluding hydrogens is 457 g/mol. The Morgan fingerprint density at radius 2 is 1.74 bits per heavy atom. The molecule has 0 aromatic heterocycles. The van der Waals surface area contributed by atoms with Crippen LogP contribution in [-0.4, -0.2) is 46.5 Å². The summed E-state index contributed by atoms with van der Waals surface area (Å²) >= 11 is 0. The van der Waals surface area contributed by atoms with Gasteiger partial charge in [0.25, 0.3) is 0 Å². The Hall–Kier alpha value is -4.36. The molecule has 182 valence electrons. The van der Waals surface area contributed by atoms with Gasteiger partial charge in [-0.15, -0.1) is 0 Å². The average molecular weight is 481 g/mol. The van der Waals surface area contributed by atoms with Crippen molar-refractivity contribution in [3.8, 4) is 11.8 Å². The van der Waals surface area contributed by atoms with Crippen LogP contribution in [0.15, 0.2) is 71.2 Å². The van der Waals surface area contributed by atoms with E-state index in [1.54, 1.807) is 30.3 Å². The van der Waals surface area contributed by atoms with Crippen LogP contribution in [0.25, 0.3) is 0 Å². The fourth-order valence-corrected chi connectivity index (χ4v) is 3.79. The molecule has 9 nitrogen and oxygen atoms in total. The van der Waals surface area contributed by atoms with E-state index in [4.69, 9.17) is 24.7 Å². The van der Waals surface area contributed by atoms with E-state index in [9.17, 15) is 19.2 Å². The number of carbonyl (C=O) groups excluding carboxylic acids is 2. The molecule has 0 saturated heterocycles. The fourth-order valence-electron chi connectivity index (χ4n) is 3.79. The summed E-state index contributed by atoms with van der Waals surface area (Å²) in [7, 11) is 3.76. The molecule has 0 spiro atoms. The van der Waals surface area contributed by atoms with Gasteiger partial charge >= 0.3 is 11.9 Å². The highest BCUT2D eigenvalue weighted by atomic mass is 19.1. The third kappa shape index (κ3) is 4.95. The van der Waals surface area contributed by atoms with Crippen LogP contribution in [0, 0.1) is 17.1 Å². The first-order valence-corrected chi connectivity index (χ1v) is 10.5. The van der Waals surface area contributed by atoms with E-state index in [1.807, 2.05) is 6.07 Å². The molecule has 1 heterocycles. The molecule has 10 heteroatoms. The number of ether oxygens (including phenoxy) is 4. The number of nitrogens with zero attached hydrogens (tertiary/aromatic N) is 2. The van der Waals surface area contributed by atoms with Gasteiger partial charge in [0, 0.05) is 13.2 Å². The number of nitrogens with two attached hydrogens (primary N) is 1. The third-order valence-electron chi connectivity index (χ3n) is 5.32. The van der Waals surface area contributed by atoms with E-state index in [2.05, 4.69) is 0 Å². The lowest BCUT2D eigenvalue weighted by Crippen LogP contribution is -2.41. The fraction of sp³-hybridized carbons (Fsp3) is 0.240. The molecule has 35 heavy (non-hydrogen) atoms. The van der Waals surface area contributed by atoms with Crippen molar-refractivity contribution in [3.05, 3.63) is 82.6 Å². The zero-order valence-corrected chi connectivity index (χ0v) is 19.4. The molecule has 0 fully saturated rings. The van der Waals surface area contributed by atoms with Crippen LogP contribution >= 0.6 is 0 Å². The van der Waals surface area contributed by atoms with Crippen LogP contribution in [0.4, 0.5) is 10.1 Å². The van der Waals surface area contributed by atoms with E-state index in [1.165, 1.54) is 13.2 Å². The molecule has 1 aliphatic rings. The monoisotopic (exact) mass is 481 g/mol. The Bertz CT molecular complexity index is 1220. The number of benzene rings is 2. The van der Waals surface area contributed by atoms with Crippen molar-refractivity contribution in [2.24, 2.45) is 5.73 Å². The van der Waals surface area contributed by atoms with Crippen LogP contribution in [0.2, 0.25) is 0 Å². The highest BCUT2D eigenvalue weighted by Crippen LogP contribution is 2.45. The largest absolute Gasteiger partial charge is 0.489 e. The number of nitriles is 1. The molecule has 1 atom stereocenters. The molecule has 2 aromatic rings. The number of esters is 2. The number of carbonyl (C=O) groups is 2. The molecule has 2 N–H and O–H groups in total. The summed E-state index contributed by atoms with van der Waals surface area (Å²) in [5, 5.41) is 10.1. The second-order valence-electron chi connectivity index (χ2n) is 7.29. The maximum absolute atomic E-state index is 14.4. The normalized spacial score (nSPS) is 15.5. The van der Waals surface area contributed by atoms with Gasteiger partial charge in [-0.2, -0.15) is 5.26 Å². The molecule has 3 rings (SSSR count). The van der Waals surface area contributed by atoms with Crippen molar-refractivity contribution in [1.29, 1.82) is 5.26 Å². The van der Waals surface area contributed by atoms with E-state index >= 15 is 0 Å². The lowest BCUT2D eigenvalue weighted by atomic mass is 9.81. The molecule has 1 aliphatic heterocycles. The van der Waals surface area contributed by atoms with E-state index in [-0.39, 0.29) is 47.3 Å². The van der Waals surface area contributed by atoms with Crippen molar-refractivity contribution < 1.29 is 32.9 Å². The van der Waals surface area contributed by atoms with Crippen molar-refractivity contribution in [3.63, 3.8) is 0 Å². The first-order valence-electron chi connectivity index (χ1n) is 10.5. The zero-order chi connectivity index (χ0) is 25.5. The van der Waals surface area contributed by atoms with E-state index in [0.717, 1.165) is 31.3 Å². The third-order valence-corrected chi connectivity index (χ3v) is 5.32. The molecule has 0 saturated carbocycles. The molecular formula is C25H24FN3O6. The first kappa shape index (κ1) is 25.3. The topological polar surface area (TPSA) is 124 Å². The van der Waals surface area contributed by atoms with Gasteiger partial charge in [-0.3, -0.25) is 4.90 Å². The summed E-state index contributed by atoms with van der Waals surface area (Å²) in [6.45, 7) is 0.334. The standard InChI is InChI=1S/C25H24FN3O6/c1-32-11-12-35-19-10-9-16(26)13-18(19)29-22(25(31)34-3)21(24(30)33-2)20(17(14-27)23(29)28)15-7-5-4-6-8-15/h4-10,13,20H,11-12,28H2,1-3H3. The van der Waals surface area contributed by atoms with Gasteiger partial charge in [0.05, 0.1) is 49.6 Å². The highest BCUT2D eigenvalue weighted by Gasteiger charge is 2.43. The van der Waals surface area contributed by atoms with Gasteiger partial charge in [-0.25, -0.2) is 14.0 Å². The average Bonchev–Trinajstić information content (AvgIpc) is 2.88. The maximum Gasteiger partial charge on any atom is 0.355 e. The van der Waals surface area contributed by atoms with Crippen molar-refractivity contribution >= 4 is 17.6 Å².